The zero-order valence-electron chi connectivity index (χ0n) is 22.1. The number of carbonyl (C=O) groups is 1. The molecule has 0 fully saturated rings. The summed E-state index contributed by atoms with van der Waals surface area (Å²) in [4.78, 5) is 29.3. The Balaban J connectivity index is 1.48. The van der Waals surface area contributed by atoms with E-state index in [-0.39, 0.29) is 11.2 Å². The molecule has 1 amide bonds. The fraction of sp³-hybridized carbons (Fsp3) is 0.152. The van der Waals surface area contributed by atoms with Crippen molar-refractivity contribution < 1.29 is 23.4 Å². The average molecular weight is 534 g/mol. The molecule has 2 heterocycles. The first-order chi connectivity index (χ1) is 19.6. The number of anilines is 1. The van der Waals surface area contributed by atoms with Gasteiger partial charge < -0.3 is 18.6 Å². The maximum atomic E-state index is 13.9. The van der Waals surface area contributed by atoms with Crippen molar-refractivity contribution >= 4 is 22.6 Å². The van der Waals surface area contributed by atoms with E-state index in [9.17, 15) is 9.59 Å². The molecule has 4 aromatic carbocycles. The van der Waals surface area contributed by atoms with Crippen molar-refractivity contribution in [2.75, 3.05) is 18.6 Å². The second-order valence-electron chi connectivity index (χ2n) is 9.36. The van der Waals surface area contributed by atoms with Gasteiger partial charge in [-0.05, 0) is 66.6 Å². The monoisotopic (exact) mass is 533 g/mol. The van der Waals surface area contributed by atoms with E-state index in [4.69, 9.17) is 18.6 Å². The van der Waals surface area contributed by atoms with Gasteiger partial charge in [0.25, 0.3) is 5.91 Å². The van der Waals surface area contributed by atoms with Gasteiger partial charge in [0.1, 0.15) is 17.9 Å². The van der Waals surface area contributed by atoms with Crippen LogP contribution in [0.3, 0.4) is 0 Å². The molecule has 0 saturated carbocycles. The molecule has 0 spiro atoms. The Bertz CT molecular complexity index is 1740. The number of para-hydroxylation sites is 1. The summed E-state index contributed by atoms with van der Waals surface area (Å²) in [6, 6.07) is 28.8. The molecule has 0 bridgehead atoms. The minimum absolute atomic E-state index is 0.0342. The maximum absolute atomic E-state index is 13.9. The molecule has 6 rings (SSSR count). The summed E-state index contributed by atoms with van der Waals surface area (Å²) in [5, 5.41) is 0.420. The first-order valence-corrected chi connectivity index (χ1v) is 13.1. The van der Waals surface area contributed by atoms with Gasteiger partial charge in [-0.1, -0.05) is 48.5 Å². The smallest absolute Gasteiger partial charge is 0.295 e. The lowest BCUT2D eigenvalue weighted by Crippen LogP contribution is -2.29. The van der Waals surface area contributed by atoms with E-state index in [1.807, 2.05) is 55.5 Å². The molecular weight excluding hydrogens is 506 g/mol. The van der Waals surface area contributed by atoms with Gasteiger partial charge in [0.05, 0.1) is 30.7 Å². The summed E-state index contributed by atoms with van der Waals surface area (Å²) in [7, 11) is 1.58. The maximum Gasteiger partial charge on any atom is 0.295 e. The second-order valence-corrected chi connectivity index (χ2v) is 9.36. The SMILES string of the molecule is CCOc1cc(C2c3c(oc4ccccc4c3=O)C(=O)N2c2ccc(OC)cc2)ccc1OCc1ccccc1. The van der Waals surface area contributed by atoms with Crippen LogP contribution in [0.4, 0.5) is 5.69 Å². The minimum Gasteiger partial charge on any atom is -0.497 e. The summed E-state index contributed by atoms with van der Waals surface area (Å²) in [5.74, 6) is 1.39. The first-order valence-electron chi connectivity index (χ1n) is 13.1. The molecule has 200 valence electrons. The molecule has 1 unspecified atom stereocenters. The van der Waals surface area contributed by atoms with Gasteiger partial charge in [-0.15, -0.1) is 0 Å². The zero-order valence-corrected chi connectivity index (χ0v) is 22.1. The van der Waals surface area contributed by atoms with Crippen LogP contribution in [0.15, 0.2) is 106 Å². The zero-order chi connectivity index (χ0) is 27.6. The van der Waals surface area contributed by atoms with Crippen LogP contribution >= 0.6 is 0 Å². The molecule has 1 aromatic heterocycles. The fourth-order valence-corrected chi connectivity index (χ4v) is 5.06. The number of amides is 1. The highest BCUT2D eigenvalue weighted by molar-refractivity contribution is 6.10. The Labute approximate surface area is 231 Å². The van der Waals surface area contributed by atoms with Crippen molar-refractivity contribution in [2.24, 2.45) is 0 Å². The van der Waals surface area contributed by atoms with Crippen molar-refractivity contribution in [3.05, 3.63) is 130 Å². The second kappa shape index (κ2) is 10.6. The highest BCUT2D eigenvalue weighted by atomic mass is 16.5. The van der Waals surface area contributed by atoms with Crippen LogP contribution in [0.5, 0.6) is 17.2 Å². The third-order valence-corrected chi connectivity index (χ3v) is 6.95. The van der Waals surface area contributed by atoms with Gasteiger partial charge in [0, 0.05) is 5.69 Å². The van der Waals surface area contributed by atoms with Crippen molar-refractivity contribution in [2.45, 2.75) is 19.6 Å². The Morgan fingerprint density at radius 2 is 1.57 bits per heavy atom. The summed E-state index contributed by atoms with van der Waals surface area (Å²) >= 11 is 0. The molecule has 1 atom stereocenters. The molecule has 0 N–H and O–H groups in total. The molecule has 40 heavy (non-hydrogen) atoms. The number of hydrogen-bond donors (Lipinski definition) is 0. The highest BCUT2D eigenvalue weighted by Crippen LogP contribution is 2.43. The lowest BCUT2D eigenvalue weighted by molar-refractivity contribution is 0.0971. The molecule has 7 nitrogen and oxygen atoms in total. The van der Waals surface area contributed by atoms with Gasteiger partial charge in [0.2, 0.25) is 5.76 Å². The van der Waals surface area contributed by atoms with E-state index in [0.717, 1.165) is 5.56 Å². The van der Waals surface area contributed by atoms with Crippen LogP contribution in [-0.2, 0) is 6.61 Å². The number of hydrogen-bond acceptors (Lipinski definition) is 6. The third-order valence-electron chi connectivity index (χ3n) is 6.95. The first kappa shape index (κ1) is 25.2. The number of fused-ring (bicyclic) bond motifs is 2. The van der Waals surface area contributed by atoms with Crippen molar-refractivity contribution in [1.29, 1.82) is 0 Å². The summed E-state index contributed by atoms with van der Waals surface area (Å²) in [6.07, 6.45) is 0. The Morgan fingerprint density at radius 1 is 0.825 bits per heavy atom. The number of benzene rings is 4. The number of methoxy groups -OCH3 is 1. The normalized spacial score (nSPS) is 14.3. The molecule has 5 aromatic rings. The molecule has 1 aliphatic rings. The van der Waals surface area contributed by atoms with E-state index >= 15 is 0 Å². The number of ether oxygens (including phenoxy) is 3. The highest BCUT2D eigenvalue weighted by Gasteiger charge is 2.44. The number of rotatable bonds is 8. The lowest BCUT2D eigenvalue weighted by Gasteiger charge is -2.26. The Morgan fingerprint density at radius 3 is 2.33 bits per heavy atom. The van der Waals surface area contributed by atoms with Crippen molar-refractivity contribution in [3.63, 3.8) is 0 Å². The van der Waals surface area contributed by atoms with Crippen LogP contribution in [0, 0.1) is 0 Å². The predicted molar refractivity (Wildman–Crippen MR) is 153 cm³/mol. The predicted octanol–water partition coefficient (Wildman–Crippen LogP) is 6.53. The molecule has 7 heteroatoms. The quantitative estimate of drug-likeness (QED) is 0.226. The molecule has 0 radical (unpaired) electrons. The van der Waals surface area contributed by atoms with E-state index < -0.39 is 11.9 Å². The van der Waals surface area contributed by atoms with Crippen LogP contribution < -0.4 is 24.5 Å². The lowest BCUT2D eigenvalue weighted by atomic mass is 9.97. The van der Waals surface area contributed by atoms with Crippen molar-refractivity contribution in [1.82, 2.24) is 0 Å². The summed E-state index contributed by atoms with van der Waals surface area (Å²) < 4.78 is 23.4. The third kappa shape index (κ3) is 4.45. The van der Waals surface area contributed by atoms with Gasteiger partial charge in [-0.2, -0.15) is 0 Å². The Kier molecular flexibility index (Phi) is 6.70. The summed E-state index contributed by atoms with van der Waals surface area (Å²) in [6.45, 7) is 2.69. The fourth-order valence-electron chi connectivity index (χ4n) is 5.06. The van der Waals surface area contributed by atoms with Crippen molar-refractivity contribution in [3.8, 4) is 17.2 Å². The summed E-state index contributed by atoms with van der Waals surface area (Å²) in [5.41, 5.74) is 2.75. The van der Waals surface area contributed by atoms with Crippen LogP contribution in [0.25, 0.3) is 11.0 Å². The standard InChI is InChI=1S/C33H27NO6/c1-3-38-28-19-22(13-18-27(28)39-20-21-9-5-4-6-10-21)30-29-31(35)25-11-7-8-12-26(25)40-32(29)33(36)34(30)23-14-16-24(37-2)17-15-23/h4-19,30H,3,20H2,1-2H3. The van der Waals surface area contributed by atoms with Crippen LogP contribution in [-0.4, -0.2) is 19.6 Å². The van der Waals surface area contributed by atoms with Crippen LogP contribution in [0.1, 0.15) is 40.2 Å². The van der Waals surface area contributed by atoms with Gasteiger partial charge in [0.15, 0.2) is 16.9 Å². The van der Waals surface area contributed by atoms with Gasteiger partial charge >= 0.3 is 0 Å². The number of nitrogens with zero attached hydrogens (tertiary/aromatic N) is 1. The average Bonchev–Trinajstić information content (AvgIpc) is 3.29. The van der Waals surface area contributed by atoms with Gasteiger partial charge in [-0.3, -0.25) is 14.5 Å². The molecular formula is C33H27NO6. The number of carbonyl (C=O) groups excluding carboxylic acids is 1. The van der Waals surface area contributed by atoms with E-state index in [2.05, 4.69) is 0 Å². The van der Waals surface area contributed by atoms with E-state index in [1.54, 1.807) is 60.5 Å². The largest absolute Gasteiger partial charge is 0.497 e. The van der Waals surface area contributed by atoms with Gasteiger partial charge in [-0.25, -0.2) is 0 Å². The topological polar surface area (TPSA) is 78.2 Å². The van der Waals surface area contributed by atoms with Crippen LogP contribution in [0.2, 0.25) is 0 Å². The molecule has 0 saturated heterocycles. The van der Waals surface area contributed by atoms with E-state index in [0.29, 0.717) is 58.2 Å². The minimum atomic E-state index is -0.737. The molecule has 0 aliphatic carbocycles. The molecule has 1 aliphatic heterocycles. The Hall–Kier alpha value is -5.04. The van der Waals surface area contributed by atoms with E-state index in [1.165, 1.54) is 0 Å².